The molecule has 0 aromatic carbocycles. The number of hydroxylamine groups is 2. The van der Waals surface area contributed by atoms with Gasteiger partial charge in [0, 0.05) is 36.7 Å². The molecule has 27 heavy (non-hydrogen) atoms. The lowest BCUT2D eigenvalue weighted by Crippen LogP contribution is -2.57. The molecule has 4 heterocycles. The summed E-state index contributed by atoms with van der Waals surface area (Å²) in [6.07, 6.45) is 7.69. The number of aromatic nitrogens is 1. The Kier molecular flexibility index (Phi) is 5.01. The number of hydrogen-bond donors (Lipinski definition) is 0. The highest BCUT2D eigenvalue weighted by Gasteiger charge is 2.43. The minimum absolute atomic E-state index is 0.307. The van der Waals surface area contributed by atoms with Crippen LogP contribution >= 0.6 is 0 Å². The molecule has 0 radical (unpaired) electrons. The lowest BCUT2D eigenvalue weighted by atomic mass is 10.1. The zero-order valence-electron chi connectivity index (χ0n) is 14.7. The first kappa shape index (κ1) is 17.5. The van der Waals surface area contributed by atoms with Gasteiger partial charge in [0.2, 0.25) is 5.84 Å². The third-order valence-electron chi connectivity index (χ3n) is 4.66. The largest absolute Gasteiger partial charge is 0.417 e. The highest BCUT2D eigenvalue weighted by atomic mass is 16.8. The van der Waals surface area contributed by atoms with E-state index in [9.17, 15) is 9.59 Å². The van der Waals surface area contributed by atoms with Gasteiger partial charge < -0.3 is 19.3 Å². The van der Waals surface area contributed by atoms with Crippen molar-refractivity contribution in [3.05, 3.63) is 42.2 Å². The molecule has 4 rings (SSSR count). The van der Waals surface area contributed by atoms with Crippen LogP contribution in [0.3, 0.4) is 0 Å². The highest BCUT2D eigenvalue weighted by Crippen LogP contribution is 2.24. The Morgan fingerprint density at radius 2 is 1.93 bits per heavy atom. The van der Waals surface area contributed by atoms with Gasteiger partial charge in [-0.15, -0.1) is 0 Å². The standard InChI is InChI=1S/C18H20N4O5/c23-15-6-7-16(24)27-22-14(12-21-9-2-1-3-10-21)18(25-15)26-20-17(22)13-5-4-8-19-11-13/h4-8,11,14,18H,1-3,9-10,12H2/b7-6-. The van der Waals surface area contributed by atoms with Crippen molar-refractivity contribution in [1.82, 2.24) is 14.9 Å². The average Bonchev–Trinajstić information content (AvgIpc) is 2.73. The quantitative estimate of drug-likeness (QED) is 0.720. The number of pyridine rings is 1. The zero-order chi connectivity index (χ0) is 18.6. The van der Waals surface area contributed by atoms with Crippen LogP contribution in [0.15, 0.2) is 41.8 Å². The number of hydrogen-bond acceptors (Lipinski definition) is 9. The van der Waals surface area contributed by atoms with Crippen LogP contribution in [0.4, 0.5) is 0 Å². The average molecular weight is 372 g/mol. The molecule has 2 atom stereocenters. The van der Waals surface area contributed by atoms with Gasteiger partial charge in [-0.3, -0.25) is 4.98 Å². The monoisotopic (exact) mass is 372 g/mol. The smallest absolute Gasteiger partial charge is 0.356 e. The normalized spacial score (nSPS) is 27.3. The molecule has 1 fully saturated rings. The first-order valence-electron chi connectivity index (χ1n) is 8.97. The minimum atomic E-state index is -0.990. The molecule has 1 aromatic rings. The Morgan fingerprint density at radius 3 is 2.70 bits per heavy atom. The summed E-state index contributed by atoms with van der Waals surface area (Å²) in [6.45, 7) is 2.36. The fourth-order valence-electron chi connectivity index (χ4n) is 3.35. The SMILES string of the molecule is O=C1/C=C\C(=O)ON2C(c3cccnc3)=NOC(O1)C2CN1CCCCC1. The van der Waals surface area contributed by atoms with E-state index in [1.54, 1.807) is 24.5 Å². The van der Waals surface area contributed by atoms with Crippen molar-refractivity contribution >= 4 is 17.8 Å². The van der Waals surface area contributed by atoms with Crippen LogP contribution in [0.2, 0.25) is 0 Å². The fourth-order valence-corrected chi connectivity index (χ4v) is 3.35. The van der Waals surface area contributed by atoms with Gasteiger partial charge in [0.1, 0.15) is 0 Å². The van der Waals surface area contributed by atoms with Crippen molar-refractivity contribution in [2.24, 2.45) is 5.16 Å². The van der Waals surface area contributed by atoms with Gasteiger partial charge in [-0.05, 0) is 38.1 Å². The highest BCUT2D eigenvalue weighted by molar-refractivity contribution is 5.99. The van der Waals surface area contributed by atoms with Crippen molar-refractivity contribution in [3.8, 4) is 0 Å². The van der Waals surface area contributed by atoms with Gasteiger partial charge >= 0.3 is 11.9 Å². The molecule has 0 spiro atoms. The van der Waals surface area contributed by atoms with Gasteiger partial charge in [-0.25, -0.2) is 9.59 Å². The Hall–Kier alpha value is -2.94. The summed E-state index contributed by atoms with van der Waals surface area (Å²) in [7, 11) is 0. The van der Waals surface area contributed by atoms with E-state index in [1.165, 1.54) is 11.5 Å². The van der Waals surface area contributed by atoms with E-state index >= 15 is 0 Å². The molecule has 0 saturated carbocycles. The number of nitrogens with zero attached hydrogens (tertiary/aromatic N) is 4. The summed E-state index contributed by atoms with van der Waals surface area (Å²) in [5.41, 5.74) is 0.627. The maximum atomic E-state index is 12.2. The van der Waals surface area contributed by atoms with Crippen LogP contribution in [-0.2, 0) is 24.0 Å². The fraction of sp³-hybridized carbons (Fsp3) is 0.444. The zero-order valence-corrected chi connectivity index (χ0v) is 14.7. The Morgan fingerprint density at radius 1 is 1.11 bits per heavy atom. The van der Waals surface area contributed by atoms with Gasteiger partial charge in [-0.1, -0.05) is 11.6 Å². The predicted octanol–water partition coefficient (Wildman–Crippen LogP) is 0.827. The summed E-state index contributed by atoms with van der Waals surface area (Å²) in [5, 5.41) is 5.42. The van der Waals surface area contributed by atoms with Gasteiger partial charge in [0.15, 0.2) is 6.04 Å². The second-order valence-electron chi connectivity index (χ2n) is 6.57. The van der Waals surface area contributed by atoms with Gasteiger partial charge in [-0.2, -0.15) is 5.06 Å². The number of carbonyl (C=O) groups excluding carboxylic acids is 2. The third kappa shape index (κ3) is 3.92. The molecule has 1 saturated heterocycles. The molecule has 2 bridgehead atoms. The number of piperidine rings is 1. The van der Waals surface area contributed by atoms with Crippen molar-refractivity contribution in [2.75, 3.05) is 19.6 Å². The van der Waals surface area contributed by atoms with E-state index in [0.29, 0.717) is 17.9 Å². The van der Waals surface area contributed by atoms with Crippen LogP contribution in [-0.4, -0.2) is 64.7 Å². The number of esters is 1. The second-order valence-corrected chi connectivity index (χ2v) is 6.57. The van der Waals surface area contributed by atoms with Crippen LogP contribution in [0, 0.1) is 0 Å². The molecule has 3 aliphatic rings. The summed E-state index contributed by atoms with van der Waals surface area (Å²) in [5.74, 6) is -1.06. The number of fused-ring (bicyclic) bond motifs is 2. The number of ether oxygens (including phenoxy) is 1. The van der Waals surface area contributed by atoms with Gasteiger partial charge in [0.25, 0.3) is 6.29 Å². The third-order valence-corrected chi connectivity index (χ3v) is 4.66. The molecule has 0 N–H and O–H groups in total. The van der Waals surface area contributed by atoms with E-state index in [0.717, 1.165) is 38.1 Å². The number of amidine groups is 1. The van der Waals surface area contributed by atoms with E-state index < -0.39 is 24.3 Å². The Balaban J connectivity index is 1.68. The second kappa shape index (κ2) is 7.75. The Bertz CT molecular complexity index is 760. The molecule has 9 heteroatoms. The topological polar surface area (TPSA) is 93.6 Å². The molecule has 9 nitrogen and oxygen atoms in total. The number of likely N-dealkylation sites (tertiary alicyclic amines) is 1. The molecule has 3 aliphatic heterocycles. The molecule has 142 valence electrons. The summed E-state index contributed by atoms with van der Waals surface area (Å²) < 4.78 is 5.36. The first-order chi connectivity index (χ1) is 13.2. The predicted molar refractivity (Wildman–Crippen MR) is 92.9 cm³/mol. The van der Waals surface area contributed by atoms with Crippen LogP contribution in [0.25, 0.3) is 0 Å². The molecule has 1 aromatic heterocycles. The van der Waals surface area contributed by atoms with E-state index in [1.807, 2.05) is 0 Å². The van der Waals surface area contributed by atoms with Crippen molar-refractivity contribution in [2.45, 2.75) is 31.6 Å². The van der Waals surface area contributed by atoms with E-state index in [2.05, 4.69) is 15.0 Å². The molecule has 2 unspecified atom stereocenters. The summed E-state index contributed by atoms with van der Waals surface area (Å²) >= 11 is 0. The van der Waals surface area contributed by atoms with Crippen LogP contribution in [0.1, 0.15) is 24.8 Å². The number of carbonyl (C=O) groups is 2. The number of oxime groups is 1. The molecular formula is C18H20N4O5. The minimum Gasteiger partial charge on any atom is -0.417 e. The van der Waals surface area contributed by atoms with Gasteiger partial charge in [0.05, 0.1) is 0 Å². The summed E-state index contributed by atoms with van der Waals surface area (Å²) in [4.78, 5) is 41.4. The Labute approximate surface area is 156 Å². The maximum absolute atomic E-state index is 12.2. The van der Waals surface area contributed by atoms with Crippen LogP contribution in [0.5, 0.6) is 0 Å². The van der Waals surface area contributed by atoms with Crippen molar-refractivity contribution in [3.63, 3.8) is 0 Å². The lowest BCUT2D eigenvalue weighted by molar-refractivity contribution is -0.235. The van der Waals surface area contributed by atoms with Crippen LogP contribution < -0.4 is 0 Å². The molecule has 0 amide bonds. The van der Waals surface area contributed by atoms with Crippen molar-refractivity contribution < 1.29 is 24.0 Å². The van der Waals surface area contributed by atoms with E-state index in [-0.39, 0.29) is 0 Å². The van der Waals surface area contributed by atoms with E-state index in [4.69, 9.17) is 14.4 Å². The molecule has 0 aliphatic carbocycles. The lowest BCUT2D eigenvalue weighted by Gasteiger charge is -2.40. The summed E-state index contributed by atoms with van der Waals surface area (Å²) in [6, 6.07) is 2.99. The molecular weight excluding hydrogens is 352 g/mol. The van der Waals surface area contributed by atoms with Crippen molar-refractivity contribution in [1.29, 1.82) is 0 Å². The number of rotatable bonds is 3. The maximum Gasteiger partial charge on any atom is 0.356 e. The first-order valence-corrected chi connectivity index (χ1v) is 8.97.